The first-order valence-corrected chi connectivity index (χ1v) is 5.28. The highest BCUT2D eigenvalue weighted by Crippen LogP contribution is 2.34. The molecular formula is C10H20N2. The molecule has 1 atom stereocenters. The maximum atomic E-state index is 5.95. The van der Waals surface area contributed by atoms with Gasteiger partial charge in [0.25, 0.3) is 0 Å². The SMILES string of the molecule is CC(N)N1CCC2CCC1CC2. The molecule has 2 heterocycles. The van der Waals surface area contributed by atoms with Crippen molar-refractivity contribution >= 4 is 0 Å². The van der Waals surface area contributed by atoms with Crippen LogP contribution in [0.4, 0.5) is 0 Å². The summed E-state index contributed by atoms with van der Waals surface area (Å²) in [5, 5.41) is 0. The summed E-state index contributed by atoms with van der Waals surface area (Å²) in [6.45, 7) is 3.37. The largest absolute Gasteiger partial charge is 0.316 e. The Labute approximate surface area is 75.1 Å². The molecule has 0 spiro atoms. The molecule has 2 bridgehead atoms. The second kappa shape index (κ2) is 3.35. The van der Waals surface area contributed by atoms with Crippen molar-refractivity contribution in [2.75, 3.05) is 6.54 Å². The average Bonchev–Trinajstić information content (AvgIpc) is 2.36. The van der Waals surface area contributed by atoms with Gasteiger partial charge in [-0.25, -0.2) is 0 Å². The number of nitrogens with zero attached hydrogens (tertiary/aromatic N) is 1. The molecular weight excluding hydrogens is 148 g/mol. The lowest BCUT2D eigenvalue weighted by Gasteiger charge is -2.33. The maximum absolute atomic E-state index is 5.95. The van der Waals surface area contributed by atoms with E-state index in [1.807, 2.05) is 0 Å². The topological polar surface area (TPSA) is 29.3 Å². The summed E-state index contributed by atoms with van der Waals surface area (Å²) in [4.78, 5) is 2.51. The van der Waals surface area contributed by atoms with E-state index in [2.05, 4.69) is 11.8 Å². The minimum Gasteiger partial charge on any atom is -0.316 e. The van der Waals surface area contributed by atoms with Crippen molar-refractivity contribution in [2.24, 2.45) is 11.7 Å². The van der Waals surface area contributed by atoms with E-state index in [9.17, 15) is 0 Å². The molecule has 2 nitrogen and oxygen atoms in total. The zero-order chi connectivity index (χ0) is 8.55. The van der Waals surface area contributed by atoms with Gasteiger partial charge in [0.2, 0.25) is 0 Å². The smallest absolute Gasteiger partial charge is 0.0545 e. The Morgan fingerprint density at radius 2 is 1.83 bits per heavy atom. The molecule has 0 amide bonds. The Kier molecular flexibility index (Phi) is 2.37. The molecule has 1 unspecified atom stereocenters. The molecule has 3 rings (SSSR count). The highest BCUT2D eigenvalue weighted by atomic mass is 15.2. The van der Waals surface area contributed by atoms with Crippen molar-refractivity contribution in [3.05, 3.63) is 0 Å². The lowest BCUT2D eigenvalue weighted by atomic mass is 9.86. The van der Waals surface area contributed by atoms with Crippen molar-refractivity contribution in [3.8, 4) is 0 Å². The van der Waals surface area contributed by atoms with E-state index >= 15 is 0 Å². The minimum absolute atomic E-state index is 0.270. The Hall–Kier alpha value is -0.0800. The first-order chi connectivity index (χ1) is 5.77. The van der Waals surface area contributed by atoms with Crippen molar-refractivity contribution in [1.29, 1.82) is 0 Å². The summed E-state index contributed by atoms with van der Waals surface area (Å²) < 4.78 is 0. The molecule has 0 aromatic rings. The fraction of sp³-hybridized carbons (Fsp3) is 1.00. The van der Waals surface area contributed by atoms with Gasteiger partial charge in [0, 0.05) is 12.6 Å². The first kappa shape index (κ1) is 8.52. The molecule has 0 radical (unpaired) electrons. The van der Waals surface area contributed by atoms with Gasteiger partial charge in [-0.15, -0.1) is 0 Å². The second-order valence-corrected chi connectivity index (χ2v) is 4.44. The third-order valence-corrected chi connectivity index (χ3v) is 3.60. The van der Waals surface area contributed by atoms with Crippen LogP contribution in [-0.2, 0) is 0 Å². The van der Waals surface area contributed by atoms with Crippen LogP contribution in [0.3, 0.4) is 0 Å². The number of fused-ring (bicyclic) bond motifs is 4. The summed E-state index contributed by atoms with van der Waals surface area (Å²) in [6, 6.07) is 0.809. The Morgan fingerprint density at radius 3 is 2.42 bits per heavy atom. The molecule has 1 saturated carbocycles. The van der Waals surface area contributed by atoms with Crippen LogP contribution in [0.15, 0.2) is 0 Å². The molecule has 12 heavy (non-hydrogen) atoms. The predicted molar refractivity (Wildman–Crippen MR) is 50.7 cm³/mol. The lowest BCUT2D eigenvalue weighted by Crippen LogP contribution is -2.45. The van der Waals surface area contributed by atoms with E-state index in [-0.39, 0.29) is 6.17 Å². The minimum atomic E-state index is 0.270. The second-order valence-electron chi connectivity index (χ2n) is 4.44. The van der Waals surface area contributed by atoms with Crippen molar-refractivity contribution in [3.63, 3.8) is 0 Å². The number of rotatable bonds is 1. The predicted octanol–water partition coefficient (Wildman–Crippen LogP) is 1.56. The van der Waals surface area contributed by atoms with Crippen LogP contribution in [0.2, 0.25) is 0 Å². The van der Waals surface area contributed by atoms with E-state index in [0.717, 1.165) is 12.0 Å². The number of nitrogens with two attached hydrogens (primary N) is 1. The van der Waals surface area contributed by atoms with Crippen LogP contribution in [0.5, 0.6) is 0 Å². The van der Waals surface area contributed by atoms with Crippen molar-refractivity contribution in [2.45, 2.75) is 51.2 Å². The molecule has 0 aromatic carbocycles. The van der Waals surface area contributed by atoms with Crippen molar-refractivity contribution in [1.82, 2.24) is 4.90 Å². The van der Waals surface area contributed by atoms with Crippen LogP contribution < -0.4 is 5.73 Å². The molecule has 1 aliphatic carbocycles. The van der Waals surface area contributed by atoms with E-state index in [1.54, 1.807) is 0 Å². The Bertz CT molecular complexity index is 148. The standard InChI is InChI=1S/C10H20N2/c1-8(11)12-7-6-9-2-4-10(12)5-3-9/h8-10H,2-7,11H2,1H3. The van der Waals surface area contributed by atoms with Crippen LogP contribution in [-0.4, -0.2) is 23.7 Å². The quantitative estimate of drug-likeness (QED) is 0.643. The summed E-state index contributed by atoms with van der Waals surface area (Å²) in [6.07, 6.45) is 7.35. The highest BCUT2D eigenvalue weighted by molar-refractivity contribution is 4.85. The van der Waals surface area contributed by atoms with Gasteiger partial charge in [0.05, 0.1) is 6.17 Å². The van der Waals surface area contributed by atoms with Gasteiger partial charge in [0.1, 0.15) is 0 Å². The van der Waals surface area contributed by atoms with Crippen LogP contribution in [0.25, 0.3) is 0 Å². The summed E-state index contributed by atoms with van der Waals surface area (Å²) in [5.74, 6) is 1.02. The first-order valence-electron chi connectivity index (χ1n) is 5.28. The average molecular weight is 168 g/mol. The molecule has 3 aliphatic rings. The fourth-order valence-corrected chi connectivity index (χ4v) is 2.82. The van der Waals surface area contributed by atoms with Gasteiger partial charge in [-0.05, 0) is 44.9 Å². The Morgan fingerprint density at radius 1 is 1.17 bits per heavy atom. The van der Waals surface area contributed by atoms with Gasteiger partial charge in [-0.1, -0.05) is 0 Å². The number of hydrogen-bond acceptors (Lipinski definition) is 2. The van der Waals surface area contributed by atoms with E-state index in [0.29, 0.717) is 0 Å². The monoisotopic (exact) mass is 168 g/mol. The van der Waals surface area contributed by atoms with Crippen LogP contribution in [0.1, 0.15) is 39.0 Å². The van der Waals surface area contributed by atoms with Gasteiger partial charge in [-0.3, -0.25) is 4.90 Å². The van der Waals surface area contributed by atoms with Crippen LogP contribution in [0, 0.1) is 5.92 Å². The zero-order valence-corrected chi connectivity index (χ0v) is 8.00. The summed E-state index contributed by atoms with van der Waals surface area (Å²) >= 11 is 0. The molecule has 2 saturated heterocycles. The zero-order valence-electron chi connectivity index (χ0n) is 8.00. The van der Waals surface area contributed by atoms with E-state index in [4.69, 9.17) is 5.73 Å². The maximum Gasteiger partial charge on any atom is 0.0545 e. The molecule has 2 heteroatoms. The molecule has 70 valence electrons. The van der Waals surface area contributed by atoms with E-state index < -0.39 is 0 Å². The third-order valence-electron chi connectivity index (χ3n) is 3.60. The van der Waals surface area contributed by atoms with E-state index in [1.165, 1.54) is 38.6 Å². The highest BCUT2D eigenvalue weighted by Gasteiger charge is 2.31. The Balaban J connectivity index is 2.05. The third kappa shape index (κ3) is 1.50. The molecule has 0 aromatic heterocycles. The van der Waals surface area contributed by atoms with Gasteiger partial charge in [0.15, 0.2) is 0 Å². The molecule has 2 N–H and O–H groups in total. The number of hydrogen-bond donors (Lipinski definition) is 1. The van der Waals surface area contributed by atoms with Gasteiger partial charge in [-0.2, -0.15) is 0 Å². The summed E-state index contributed by atoms with van der Waals surface area (Å²) in [5.41, 5.74) is 5.95. The summed E-state index contributed by atoms with van der Waals surface area (Å²) in [7, 11) is 0. The molecule has 2 aliphatic heterocycles. The van der Waals surface area contributed by atoms with Gasteiger partial charge < -0.3 is 5.73 Å². The molecule has 3 fully saturated rings. The van der Waals surface area contributed by atoms with Crippen LogP contribution >= 0.6 is 0 Å². The van der Waals surface area contributed by atoms with Gasteiger partial charge >= 0.3 is 0 Å². The van der Waals surface area contributed by atoms with Crippen molar-refractivity contribution < 1.29 is 0 Å². The normalized spacial score (nSPS) is 39.5. The lowest BCUT2D eigenvalue weighted by molar-refractivity contribution is 0.141. The fourth-order valence-electron chi connectivity index (χ4n) is 2.82.